The molecular formula is C18H24N4O3S2. The number of hydrogen-bond donors (Lipinski definition) is 2. The fourth-order valence-corrected chi connectivity index (χ4v) is 5.14. The average Bonchev–Trinajstić information content (AvgIpc) is 2.93. The molecule has 0 fully saturated rings. The zero-order chi connectivity index (χ0) is 19.8. The van der Waals surface area contributed by atoms with Gasteiger partial charge in [-0.15, -0.1) is 11.3 Å². The molecule has 27 heavy (non-hydrogen) atoms. The summed E-state index contributed by atoms with van der Waals surface area (Å²) in [7, 11) is 1.67. The first-order valence-electron chi connectivity index (χ1n) is 8.92. The van der Waals surface area contributed by atoms with Crippen molar-refractivity contribution >= 4 is 45.3 Å². The lowest BCUT2D eigenvalue weighted by Crippen LogP contribution is -2.48. The number of hydrogen-bond acceptors (Lipinski definition) is 6. The second-order valence-corrected chi connectivity index (χ2v) is 9.72. The summed E-state index contributed by atoms with van der Waals surface area (Å²) in [6, 6.07) is -0.531. The van der Waals surface area contributed by atoms with E-state index in [2.05, 4.69) is 15.6 Å². The minimum absolute atomic E-state index is 0.00837. The van der Waals surface area contributed by atoms with Crippen molar-refractivity contribution in [1.29, 1.82) is 0 Å². The molecule has 0 radical (unpaired) electrons. The van der Waals surface area contributed by atoms with E-state index in [1.165, 1.54) is 9.44 Å². The largest absolute Gasteiger partial charge is 0.333 e. The highest BCUT2D eigenvalue weighted by Crippen LogP contribution is 2.34. The number of imide groups is 1. The number of thioether (sulfide) groups is 1. The van der Waals surface area contributed by atoms with Crippen molar-refractivity contribution in [3.63, 3.8) is 0 Å². The first kappa shape index (κ1) is 19.9. The Kier molecular flexibility index (Phi) is 5.62. The van der Waals surface area contributed by atoms with E-state index in [1.807, 2.05) is 20.8 Å². The van der Waals surface area contributed by atoms with Crippen LogP contribution in [0.15, 0.2) is 9.95 Å². The maximum Gasteiger partial charge on any atom is 0.321 e. The SMILES string of the molecule is Cn1c(SCC(=O)NC(=O)NC(C)(C)C)nc2sc3c(c2c1=O)CCCC3. The molecule has 0 unspecified atom stereocenters. The number of carbonyl (C=O) groups is 2. The molecule has 9 heteroatoms. The van der Waals surface area contributed by atoms with Gasteiger partial charge >= 0.3 is 6.03 Å². The number of rotatable bonds is 3. The normalized spacial score (nSPS) is 14.1. The van der Waals surface area contributed by atoms with Gasteiger partial charge in [0.05, 0.1) is 11.1 Å². The first-order valence-corrected chi connectivity index (χ1v) is 10.7. The summed E-state index contributed by atoms with van der Waals surface area (Å²) < 4.78 is 1.50. The monoisotopic (exact) mass is 408 g/mol. The zero-order valence-corrected chi connectivity index (χ0v) is 17.6. The molecule has 3 amide bonds. The van der Waals surface area contributed by atoms with E-state index in [4.69, 9.17) is 0 Å². The third-order valence-electron chi connectivity index (χ3n) is 4.23. The van der Waals surface area contributed by atoms with Crippen molar-refractivity contribution in [1.82, 2.24) is 20.2 Å². The van der Waals surface area contributed by atoms with E-state index in [1.54, 1.807) is 18.4 Å². The summed E-state index contributed by atoms with van der Waals surface area (Å²) in [5.74, 6) is -0.421. The van der Waals surface area contributed by atoms with Crippen molar-refractivity contribution in [2.24, 2.45) is 7.05 Å². The molecule has 1 aliphatic carbocycles. The molecule has 0 saturated carbocycles. The Morgan fingerprint density at radius 3 is 2.67 bits per heavy atom. The molecule has 2 aromatic heterocycles. The van der Waals surface area contributed by atoms with Crippen LogP contribution in [0.4, 0.5) is 4.79 Å². The van der Waals surface area contributed by atoms with Crippen molar-refractivity contribution in [3.05, 3.63) is 20.8 Å². The van der Waals surface area contributed by atoms with Crippen molar-refractivity contribution in [2.45, 2.75) is 57.1 Å². The number of amides is 3. The van der Waals surface area contributed by atoms with E-state index in [9.17, 15) is 14.4 Å². The Balaban J connectivity index is 1.74. The molecule has 0 saturated heterocycles. The molecule has 2 aromatic rings. The van der Waals surface area contributed by atoms with Gasteiger partial charge in [0, 0.05) is 17.5 Å². The van der Waals surface area contributed by atoms with Gasteiger partial charge in [-0.05, 0) is 52.0 Å². The molecule has 0 atom stereocenters. The Bertz CT molecular complexity index is 956. The lowest BCUT2D eigenvalue weighted by Gasteiger charge is -2.20. The first-order chi connectivity index (χ1) is 12.7. The number of nitrogens with one attached hydrogen (secondary N) is 2. The quantitative estimate of drug-likeness (QED) is 0.601. The summed E-state index contributed by atoms with van der Waals surface area (Å²) in [6.07, 6.45) is 4.20. The van der Waals surface area contributed by atoms with Gasteiger partial charge in [0.15, 0.2) is 5.16 Å². The molecule has 2 N–H and O–H groups in total. The molecular weight excluding hydrogens is 384 g/mol. The molecule has 0 bridgehead atoms. The highest BCUT2D eigenvalue weighted by atomic mass is 32.2. The summed E-state index contributed by atoms with van der Waals surface area (Å²) >= 11 is 2.74. The number of aromatic nitrogens is 2. The Hall–Kier alpha value is -1.87. The fourth-order valence-electron chi connectivity index (χ4n) is 3.06. The summed E-state index contributed by atoms with van der Waals surface area (Å²) in [5, 5.41) is 6.18. The van der Waals surface area contributed by atoms with Gasteiger partial charge in [-0.2, -0.15) is 0 Å². The number of aryl methyl sites for hydroxylation is 2. The number of fused-ring (bicyclic) bond motifs is 3. The van der Waals surface area contributed by atoms with Crippen LogP contribution < -0.4 is 16.2 Å². The van der Waals surface area contributed by atoms with Gasteiger partial charge in [-0.25, -0.2) is 9.78 Å². The standard InChI is InChI=1S/C18H24N4O3S2/c1-18(2,3)21-16(25)19-12(23)9-26-17-20-14-13(15(24)22(17)4)10-7-5-6-8-11(10)27-14/h5-9H2,1-4H3,(H2,19,21,23,25). The third kappa shape index (κ3) is 4.52. The minimum atomic E-state index is -0.531. The lowest BCUT2D eigenvalue weighted by atomic mass is 9.97. The molecule has 1 aliphatic rings. The third-order valence-corrected chi connectivity index (χ3v) is 6.44. The van der Waals surface area contributed by atoms with Crippen LogP contribution in [0.5, 0.6) is 0 Å². The maximum absolute atomic E-state index is 12.8. The molecule has 2 heterocycles. The Labute approximate surface area is 165 Å². The van der Waals surface area contributed by atoms with Gasteiger partial charge in [0.1, 0.15) is 4.83 Å². The summed E-state index contributed by atoms with van der Waals surface area (Å²) in [5.41, 5.74) is 0.669. The molecule has 0 aliphatic heterocycles. The number of thiophene rings is 1. The van der Waals surface area contributed by atoms with Gasteiger partial charge in [-0.3, -0.25) is 19.5 Å². The van der Waals surface area contributed by atoms with Gasteiger partial charge in [-0.1, -0.05) is 11.8 Å². The Morgan fingerprint density at radius 1 is 1.26 bits per heavy atom. The Morgan fingerprint density at radius 2 is 1.96 bits per heavy atom. The zero-order valence-electron chi connectivity index (χ0n) is 16.0. The molecule has 7 nitrogen and oxygen atoms in total. The summed E-state index contributed by atoms with van der Waals surface area (Å²) in [4.78, 5) is 43.2. The van der Waals surface area contributed by atoms with Crippen LogP contribution >= 0.6 is 23.1 Å². The second-order valence-electron chi connectivity index (χ2n) is 7.69. The predicted octanol–water partition coefficient (Wildman–Crippen LogP) is 2.59. The molecule has 146 valence electrons. The van der Waals surface area contributed by atoms with Crippen molar-refractivity contribution in [2.75, 3.05) is 5.75 Å². The van der Waals surface area contributed by atoms with Crippen LogP contribution in [0.2, 0.25) is 0 Å². The lowest BCUT2D eigenvalue weighted by molar-refractivity contribution is -0.117. The number of carbonyl (C=O) groups excluding carboxylic acids is 2. The molecule has 0 spiro atoms. The van der Waals surface area contributed by atoms with E-state index in [0.717, 1.165) is 53.2 Å². The van der Waals surface area contributed by atoms with Crippen LogP contribution in [0.25, 0.3) is 10.2 Å². The smallest absolute Gasteiger partial charge is 0.321 e. The van der Waals surface area contributed by atoms with Crippen LogP contribution in [0.1, 0.15) is 44.1 Å². The minimum Gasteiger partial charge on any atom is -0.333 e. The van der Waals surface area contributed by atoms with Crippen LogP contribution in [0, 0.1) is 0 Å². The van der Waals surface area contributed by atoms with Crippen molar-refractivity contribution in [3.8, 4) is 0 Å². The van der Waals surface area contributed by atoms with Gasteiger partial charge < -0.3 is 5.32 Å². The van der Waals surface area contributed by atoms with Gasteiger partial charge in [0.25, 0.3) is 5.56 Å². The van der Waals surface area contributed by atoms with Crippen molar-refractivity contribution < 1.29 is 9.59 Å². The fraction of sp³-hybridized carbons (Fsp3) is 0.556. The van der Waals surface area contributed by atoms with E-state index < -0.39 is 17.5 Å². The van der Waals surface area contributed by atoms with E-state index >= 15 is 0 Å². The predicted molar refractivity (Wildman–Crippen MR) is 109 cm³/mol. The van der Waals surface area contributed by atoms with E-state index in [-0.39, 0.29) is 11.3 Å². The maximum atomic E-state index is 12.8. The number of nitrogens with zero attached hydrogens (tertiary/aromatic N) is 2. The van der Waals surface area contributed by atoms with E-state index in [0.29, 0.717) is 5.16 Å². The molecule has 0 aromatic carbocycles. The van der Waals surface area contributed by atoms with Crippen LogP contribution in [-0.4, -0.2) is 32.8 Å². The number of urea groups is 1. The topological polar surface area (TPSA) is 93.1 Å². The van der Waals surface area contributed by atoms with Crippen LogP contribution in [-0.2, 0) is 24.7 Å². The second kappa shape index (κ2) is 7.63. The summed E-state index contributed by atoms with van der Waals surface area (Å²) in [6.45, 7) is 5.50. The average molecular weight is 409 g/mol. The highest BCUT2D eigenvalue weighted by molar-refractivity contribution is 7.99. The highest BCUT2D eigenvalue weighted by Gasteiger charge is 2.22. The van der Waals surface area contributed by atoms with Gasteiger partial charge in [0.2, 0.25) is 5.91 Å². The molecule has 3 rings (SSSR count). The van der Waals surface area contributed by atoms with Crippen LogP contribution in [0.3, 0.4) is 0 Å².